The molecule has 4 nitrogen and oxygen atoms in total. The minimum absolute atomic E-state index is 0.0775. The molecule has 2 heterocycles. The van der Waals surface area contributed by atoms with Crippen LogP contribution in [0.15, 0.2) is 36.7 Å². The molecule has 1 aromatic heterocycles. The average molecular weight is 295 g/mol. The third kappa shape index (κ3) is 3.11. The third-order valence-corrected chi connectivity index (χ3v) is 4.17. The molecule has 2 aromatic rings. The van der Waals surface area contributed by atoms with E-state index < -0.39 is 0 Å². The van der Waals surface area contributed by atoms with E-state index in [2.05, 4.69) is 36.3 Å². The van der Waals surface area contributed by atoms with Gasteiger partial charge in [0.1, 0.15) is 0 Å². The summed E-state index contributed by atoms with van der Waals surface area (Å²) in [5.41, 5.74) is 5.00. The van der Waals surface area contributed by atoms with Crippen molar-refractivity contribution in [3.8, 4) is 0 Å². The van der Waals surface area contributed by atoms with Gasteiger partial charge >= 0.3 is 0 Å². The molecular formula is C18H21N3O. The lowest BCUT2D eigenvalue weighted by Crippen LogP contribution is -2.27. The number of benzene rings is 1. The minimum Gasteiger partial charge on any atom is -0.354 e. The molecule has 0 unspecified atom stereocenters. The lowest BCUT2D eigenvalue weighted by molar-refractivity contribution is 0.0792. The van der Waals surface area contributed by atoms with Crippen molar-refractivity contribution in [2.75, 3.05) is 18.4 Å². The van der Waals surface area contributed by atoms with E-state index in [1.165, 1.54) is 11.1 Å². The van der Waals surface area contributed by atoms with Gasteiger partial charge in [0.2, 0.25) is 0 Å². The summed E-state index contributed by atoms with van der Waals surface area (Å²) in [5.74, 6) is 0.0775. The van der Waals surface area contributed by atoms with Gasteiger partial charge in [0, 0.05) is 25.0 Å². The summed E-state index contributed by atoms with van der Waals surface area (Å²) < 4.78 is 0. The zero-order valence-corrected chi connectivity index (χ0v) is 13.1. The topological polar surface area (TPSA) is 45.2 Å². The van der Waals surface area contributed by atoms with Gasteiger partial charge in [0.05, 0.1) is 17.4 Å². The van der Waals surface area contributed by atoms with Gasteiger partial charge < -0.3 is 10.2 Å². The average Bonchev–Trinajstić information content (AvgIpc) is 3.05. The monoisotopic (exact) mass is 295 g/mol. The number of carbonyl (C=O) groups excluding carboxylic acids is 1. The summed E-state index contributed by atoms with van der Waals surface area (Å²) in [7, 11) is 0. The zero-order valence-electron chi connectivity index (χ0n) is 13.1. The van der Waals surface area contributed by atoms with E-state index in [1.54, 1.807) is 12.4 Å². The maximum Gasteiger partial charge on any atom is 0.255 e. The van der Waals surface area contributed by atoms with Crippen LogP contribution in [0.25, 0.3) is 0 Å². The van der Waals surface area contributed by atoms with Crippen molar-refractivity contribution in [2.24, 2.45) is 0 Å². The quantitative estimate of drug-likeness (QED) is 0.939. The molecule has 1 aromatic carbocycles. The van der Waals surface area contributed by atoms with Gasteiger partial charge in [-0.1, -0.05) is 6.07 Å². The van der Waals surface area contributed by atoms with Crippen molar-refractivity contribution in [1.29, 1.82) is 0 Å². The Kier molecular flexibility index (Phi) is 4.09. The highest BCUT2D eigenvalue weighted by Crippen LogP contribution is 2.21. The van der Waals surface area contributed by atoms with Crippen molar-refractivity contribution in [1.82, 2.24) is 9.88 Å². The van der Waals surface area contributed by atoms with Crippen LogP contribution in [0, 0.1) is 13.8 Å². The number of nitrogens with one attached hydrogen (secondary N) is 1. The van der Waals surface area contributed by atoms with Gasteiger partial charge in [-0.15, -0.1) is 0 Å². The molecule has 0 radical (unpaired) electrons. The molecule has 114 valence electrons. The number of likely N-dealkylation sites (tertiary alicyclic amines) is 1. The summed E-state index contributed by atoms with van der Waals surface area (Å²) >= 11 is 0. The largest absolute Gasteiger partial charge is 0.354 e. The van der Waals surface area contributed by atoms with Crippen molar-refractivity contribution in [3.05, 3.63) is 53.3 Å². The molecule has 1 N–H and O–H groups in total. The van der Waals surface area contributed by atoms with E-state index in [9.17, 15) is 4.79 Å². The first-order chi connectivity index (χ1) is 10.6. The predicted octanol–water partition coefficient (Wildman–Crippen LogP) is 3.68. The Hall–Kier alpha value is -2.36. The van der Waals surface area contributed by atoms with Crippen molar-refractivity contribution in [2.45, 2.75) is 26.7 Å². The first-order valence-corrected chi connectivity index (χ1v) is 7.72. The molecule has 1 amide bonds. The fourth-order valence-electron chi connectivity index (χ4n) is 2.71. The van der Waals surface area contributed by atoms with Crippen LogP contribution in [-0.2, 0) is 0 Å². The van der Waals surface area contributed by atoms with Crippen LogP contribution < -0.4 is 5.32 Å². The van der Waals surface area contributed by atoms with Crippen LogP contribution in [0.4, 0.5) is 11.4 Å². The number of aryl methyl sites for hydroxylation is 2. The molecule has 1 saturated heterocycles. The fraction of sp³-hybridized carbons (Fsp3) is 0.333. The Labute approximate surface area is 131 Å². The molecule has 1 aliphatic heterocycles. The van der Waals surface area contributed by atoms with E-state index >= 15 is 0 Å². The predicted molar refractivity (Wildman–Crippen MR) is 88.6 cm³/mol. The number of nitrogens with zero attached hydrogens (tertiary/aromatic N) is 2. The zero-order chi connectivity index (χ0) is 15.5. The number of carbonyl (C=O) groups is 1. The fourth-order valence-corrected chi connectivity index (χ4v) is 2.71. The minimum atomic E-state index is 0.0775. The summed E-state index contributed by atoms with van der Waals surface area (Å²) in [6, 6.07) is 8.11. The van der Waals surface area contributed by atoms with Gasteiger partial charge in [0.15, 0.2) is 0 Å². The Morgan fingerprint density at radius 3 is 2.55 bits per heavy atom. The standard InChI is InChI=1S/C18H21N3O/c1-13-5-6-16(9-14(13)2)20-17-10-15(11-19-12-17)18(22)21-7-3-4-8-21/h5-6,9-12,20H,3-4,7-8H2,1-2H3. The molecule has 3 rings (SSSR count). The summed E-state index contributed by atoms with van der Waals surface area (Å²) in [6.07, 6.45) is 5.59. The SMILES string of the molecule is Cc1ccc(Nc2cncc(C(=O)N3CCCC3)c2)cc1C. The molecular weight excluding hydrogens is 274 g/mol. The number of hydrogen-bond acceptors (Lipinski definition) is 3. The molecule has 22 heavy (non-hydrogen) atoms. The second-order valence-corrected chi connectivity index (χ2v) is 5.89. The first kappa shape index (κ1) is 14.6. The normalized spacial score (nSPS) is 14.2. The van der Waals surface area contributed by atoms with Crippen molar-refractivity contribution < 1.29 is 4.79 Å². The number of rotatable bonds is 3. The molecule has 0 saturated carbocycles. The highest BCUT2D eigenvalue weighted by Gasteiger charge is 2.19. The van der Waals surface area contributed by atoms with Crippen LogP contribution >= 0.6 is 0 Å². The second kappa shape index (κ2) is 6.18. The van der Waals surface area contributed by atoms with Gasteiger partial charge in [-0.3, -0.25) is 9.78 Å². The van der Waals surface area contributed by atoms with Crippen LogP contribution in [0.2, 0.25) is 0 Å². The third-order valence-electron chi connectivity index (χ3n) is 4.17. The van der Waals surface area contributed by atoms with E-state index in [4.69, 9.17) is 0 Å². The van der Waals surface area contributed by atoms with Gasteiger partial charge in [-0.2, -0.15) is 0 Å². The number of anilines is 2. The maximum atomic E-state index is 12.4. The Bertz CT molecular complexity index is 690. The molecule has 1 fully saturated rings. The smallest absolute Gasteiger partial charge is 0.255 e. The second-order valence-electron chi connectivity index (χ2n) is 5.89. The van der Waals surface area contributed by atoms with E-state index in [0.717, 1.165) is 37.3 Å². The van der Waals surface area contributed by atoms with Crippen molar-refractivity contribution in [3.63, 3.8) is 0 Å². The number of amides is 1. The Morgan fingerprint density at radius 2 is 1.82 bits per heavy atom. The van der Waals surface area contributed by atoms with Crippen LogP contribution in [0.3, 0.4) is 0 Å². The van der Waals surface area contributed by atoms with Crippen molar-refractivity contribution >= 4 is 17.3 Å². The van der Waals surface area contributed by atoms with E-state index in [-0.39, 0.29) is 5.91 Å². The number of pyridine rings is 1. The molecule has 4 heteroatoms. The van der Waals surface area contributed by atoms with E-state index in [1.807, 2.05) is 17.0 Å². The molecule has 0 atom stereocenters. The lowest BCUT2D eigenvalue weighted by atomic mass is 10.1. The molecule has 0 bridgehead atoms. The highest BCUT2D eigenvalue weighted by molar-refractivity contribution is 5.95. The summed E-state index contributed by atoms with van der Waals surface area (Å²) in [4.78, 5) is 18.5. The summed E-state index contributed by atoms with van der Waals surface area (Å²) in [5, 5.41) is 3.32. The molecule has 0 aliphatic carbocycles. The Balaban J connectivity index is 1.78. The van der Waals surface area contributed by atoms with E-state index in [0.29, 0.717) is 5.56 Å². The lowest BCUT2D eigenvalue weighted by Gasteiger charge is -2.15. The number of hydrogen-bond donors (Lipinski definition) is 1. The Morgan fingerprint density at radius 1 is 1.05 bits per heavy atom. The number of aromatic nitrogens is 1. The van der Waals surface area contributed by atoms with Gasteiger partial charge in [-0.05, 0) is 56.0 Å². The van der Waals surface area contributed by atoms with Gasteiger partial charge in [-0.25, -0.2) is 0 Å². The van der Waals surface area contributed by atoms with Crippen LogP contribution in [-0.4, -0.2) is 28.9 Å². The maximum absolute atomic E-state index is 12.4. The van der Waals surface area contributed by atoms with Gasteiger partial charge in [0.25, 0.3) is 5.91 Å². The summed E-state index contributed by atoms with van der Waals surface area (Å²) in [6.45, 7) is 5.89. The highest BCUT2D eigenvalue weighted by atomic mass is 16.2. The molecule has 0 spiro atoms. The van der Waals surface area contributed by atoms with Crippen LogP contribution in [0.1, 0.15) is 34.3 Å². The van der Waals surface area contributed by atoms with Crippen LogP contribution in [0.5, 0.6) is 0 Å². The molecule has 1 aliphatic rings. The first-order valence-electron chi connectivity index (χ1n) is 7.72.